The van der Waals surface area contributed by atoms with E-state index in [4.69, 9.17) is 5.11 Å². The van der Waals surface area contributed by atoms with Crippen LogP contribution in [-0.2, 0) is 4.74 Å². The van der Waals surface area contributed by atoms with Crippen LogP contribution in [0.15, 0.2) is 0 Å². The van der Waals surface area contributed by atoms with Crippen molar-refractivity contribution in [2.75, 3.05) is 19.7 Å². The van der Waals surface area contributed by atoms with Gasteiger partial charge in [-0.3, -0.25) is 0 Å². The van der Waals surface area contributed by atoms with Crippen molar-refractivity contribution in [3.63, 3.8) is 0 Å². The van der Waals surface area contributed by atoms with Crippen molar-refractivity contribution in [1.82, 2.24) is 10.2 Å². The highest BCUT2D eigenvalue weighted by Gasteiger charge is 2.51. The Hall–Kier alpha value is -1.46. The minimum atomic E-state index is -0.957. The third kappa shape index (κ3) is 0.876. The van der Waals surface area contributed by atoms with Gasteiger partial charge in [0.15, 0.2) is 0 Å². The van der Waals surface area contributed by atoms with E-state index in [2.05, 4.69) is 10.1 Å². The number of alkyl carbamates (subject to hydrolysis) is 1. The Morgan fingerprint density at radius 2 is 2.33 bits per heavy atom. The molecule has 6 nitrogen and oxygen atoms in total. The molecule has 0 unspecified atom stereocenters. The van der Waals surface area contributed by atoms with Crippen molar-refractivity contribution in [2.45, 2.75) is 5.54 Å². The number of hydrogen-bond acceptors (Lipinski definition) is 3. The zero-order valence-corrected chi connectivity index (χ0v) is 6.24. The Balaban J connectivity index is 1.95. The van der Waals surface area contributed by atoms with Crippen LogP contribution < -0.4 is 5.32 Å². The Morgan fingerprint density at radius 3 is 2.75 bits per heavy atom. The molecule has 2 aliphatic rings. The van der Waals surface area contributed by atoms with Gasteiger partial charge in [0.05, 0.1) is 13.1 Å². The lowest BCUT2D eigenvalue weighted by molar-refractivity contribution is 0.0464. The first-order chi connectivity index (χ1) is 5.61. The largest absolute Gasteiger partial charge is 0.465 e. The second-order valence-electron chi connectivity index (χ2n) is 3.12. The number of amides is 2. The van der Waals surface area contributed by atoms with Crippen LogP contribution in [0.2, 0.25) is 0 Å². The van der Waals surface area contributed by atoms with Crippen molar-refractivity contribution in [2.24, 2.45) is 0 Å². The molecule has 2 fully saturated rings. The fraction of sp³-hybridized carbons (Fsp3) is 0.667. The molecule has 0 radical (unpaired) electrons. The van der Waals surface area contributed by atoms with Crippen molar-refractivity contribution >= 4 is 12.2 Å². The van der Waals surface area contributed by atoms with E-state index >= 15 is 0 Å². The summed E-state index contributed by atoms with van der Waals surface area (Å²) in [6, 6.07) is 0. The molecule has 0 atom stereocenters. The minimum Gasteiger partial charge on any atom is -0.465 e. The van der Waals surface area contributed by atoms with E-state index < -0.39 is 17.7 Å². The smallest absolute Gasteiger partial charge is 0.407 e. The van der Waals surface area contributed by atoms with Crippen LogP contribution in [0, 0.1) is 0 Å². The number of likely N-dealkylation sites (tertiary alicyclic amines) is 1. The standard InChI is InChI=1S/C6H8N2O4/c9-4-7-6(3-12-4)1-8(2-6)5(10)11/h1-3H2,(H,7,9)(H,10,11). The lowest BCUT2D eigenvalue weighted by Gasteiger charge is -2.43. The van der Waals surface area contributed by atoms with Gasteiger partial charge >= 0.3 is 12.2 Å². The van der Waals surface area contributed by atoms with Crippen LogP contribution in [0.25, 0.3) is 0 Å². The first-order valence-electron chi connectivity index (χ1n) is 3.54. The fourth-order valence-corrected chi connectivity index (χ4v) is 1.48. The predicted molar refractivity (Wildman–Crippen MR) is 36.8 cm³/mol. The number of carbonyl (C=O) groups is 2. The molecular weight excluding hydrogens is 164 g/mol. The summed E-state index contributed by atoms with van der Waals surface area (Å²) >= 11 is 0. The summed E-state index contributed by atoms with van der Waals surface area (Å²) in [5, 5.41) is 11.1. The molecule has 0 bridgehead atoms. The highest BCUT2D eigenvalue weighted by Crippen LogP contribution is 2.24. The third-order valence-corrected chi connectivity index (χ3v) is 2.10. The average molecular weight is 172 g/mol. The highest BCUT2D eigenvalue weighted by atomic mass is 16.6. The number of hydrogen-bond donors (Lipinski definition) is 2. The van der Waals surface area contributed by atoms with Gasteiger partial charge in [-0.2, -0.15) is 0 Å². The number of ether oxygens (including phenoxy) is 1. The van der Waals surface area contributed by atoms with E-state index in [1.54, 1.807) is 0 Å². The van der Waals surface area contributed by atoms with Crippen LogP contribution in [0.4, 0.5) is 9.59 Å². The van der Waals surface area contributed by atoms with Crippen molar-refractivity contribution in [1.29, 1.82) is 0 Å². The zero-order chi connectivity index (χ0) is 8.77. The molecule has 1 spiro atoms. The van der Waals surface area contributed by atoms with E-state index in [1.807, 2.05) is 0 Å². The van der Waals surface area contributed by atoms with Crippen LogP contribution in [0.5, 0.6) is 0 Å². The summed E-state index contributed by atoms with van der Waals surface area (Å²) in [4.78, 5) is 22.2. The molecule has 12 heavy (non-hydrogen) atoms. The van der Waals surface area contributed by atoms with Gasteiger partial charge in [-0.1, -0.05) is 0 Å². The number of rotatable bonds is 0. The van der Waals surface area contributed by atoms with Crippen LogP contribution >= 0.6 is 0 Å². The van der Waals surface area contributed by atoms with Gasteiger partial charge in [0, 0.05) is 0 Å². The van der Waals surface area contributed by atoms with E-state index in [0.29, 0.717) is 13.1 Å². The van der Waals surface area contributed by atoms with E-state index in [0.717, 1.165) is 0 Å². The minimum absolute atomic E-state index is 0.273. The predicted octanol–water partition coefficient (Wildman–Crippen LogP) is -0.541. The maximum Gasteiger partial charge on any atom is 0.407 e. The van der Waals surface area contributed by atoms with Gasteiger partial charge in [-0.15, -0.1) is 0 Å². The van der Waals surface area contributed by atoms with Crippen LogP contribution in [-0.4, -0.2) is 47.4 Å². The molecular formula is C6H8N2O4. The molecule has 2 aliphatic heterocycles. The SMILES string of the molecule is O=C1NC2(CO1)CN(C(=O)O)C2. The first kappa shape index (κ1) is 7.20. The summed E-state index contributed by atoms with van der Waals surface area (Å²) < 4.78 is 4.67. The molecule has 0 aliphatic carbocycles. The summed E-state index contributed by atoms with van der Waals surface area (Å²) in [5.41, 5.74) is -0.435. The Morgan fingerprint density at radius 1 is 1.67 bits per heavy atom. The Labute approximate surface area is 68.1 Å². The third-order valence-electron chi connectivity index (χ3n) is 2.10. The molecule has 0 aromatic heterocycles. The second-order valence-corrected chi connectivity index (χ2v) is 3.12. The average Bonchev–Trinajstić information content (AvgIpc) is 2.27. The summed E-state index contributed by atoms with van der Waals surface area (Å²) in [5.74, 6) is 0. The topological polar surface area (TPSA) is 78.9 Å². The maximum atomic E-state index is 10.6. The first-order valence-corrected chi connectivity index (χ1v) is 3.54. The van der Waals surface area contributed by atoms with E-state index in [-0.39, 0.29) is 6.61 Å². The van der Waals surface area contributed by atoms with Crippen molar-refractivity contribution in [3.8, 4) is 0 Å². The number of carbonyl (C=O) groups excluding carboxylic acids is 1. The monoisotopic (exact) mass is 172 g/mol. The molecule has 0 saturated carbocycles. The molecule has 0 aromatic rings. The normalized spacial score (nSPS) is 24.7. The van der Waals surface area contributed by atoms with Gasteiger partial charge in [-0.25, -0.2) is 9.59 Å². The Kier molecular flexibility index (Phi) is 1.22. The van der Waals surface area contributed by atoms with Gasteiger partial charge < -0.3 is 20.1 Å². The molecule has 6 heteroatoms. The summed E-state index contributed by atoms with van der Waals surface area (Å²) in [6.07, 6.45) is -1.41. The van der Waals surface area contributed by atoms with Crippen molar-refractivity contribution in [3.05, 3.63) is 0 Å². The van der Waals surface area contributed by atoms with E-state index in [1.165, 1.54) is 4.90 Å². The van der Waals surface area contributed by atoms with Crippen LogP contribution in [0.3, 0.4) is 0 Å². The molecule has 0 aromatic carbocycles. The quantitative estimate of drug-likeness (QED) is 0.514. The van der Waals surface area contributed by atoms with Gasteiger partial charge in [0.25, 0.3) is 0 Å². The van der Waals surface area contributed by atoms with Gasteiger partial charge in [0.1, 0.15) is 12.1 Å². The van der Waals surface area contributed by atoms with Crippen molar-refractivity contribution < 1.29 is 19.4 Å². The zero-order valence-electron chi connectivity index (χ0n) is 6.24. The van der Waals surface area contributed by atoms with E-state index in [9.17, 15) is 9.59 Å². The summed E-state index contributed by atoms with van der Waals surface area (Å²) in [7, 11) is 0. The molecule has 2 rings (SSSR count). The number of cyclic esters (lactones) is 1. The number of nitrogens with zero attached hydrogens (tertiary/aromatic N) is 1. The molecule has 2 saturated heterocycles. The second kappa shape index (κ2) is 2.02. The fourth-order valence-electron chi connectivity index (χ4n) is 1.48. The molecule has 2 amide bonds. The lowest BCUT2D eigenvalue weighted by Crippen LogP contribution is -2.69. The maximum absolute atomic E-state index is 10.6. The number of nitrogens with one attached hydrogen (secondary N) is 1. The highest BCUT2D eigenvalue weighted by molar-refractivity contribution is 5.73. The molecule has 66 valence electrons. The van der Waals surface area contributed by atoms with Gasteiger partial charge in [0.2, 0.25) is 0 Å². The Bertz CT molecular complexity index is 246. The summed E-state index contributed by atoms with van der Waals surface area (Å²) in [6.45, 7) is 0.928. The molecule has 2 heterocycles. The lowest BCUT2D eigenvalue weighted by atomic mass is 9.92. The number of carboxylic acid groups (broad SMARTS) is 1. The van der Waals surface area contributed by atoms with Gasteiger partial charge in [-0.05, 0) is 0 Å². The van der Waals surface area contributed by atoms with Crippen LogP contribution in [0.1, 0.15) is 0 Å². The molecule has 2 N–H and O–H groups in total.